The fourth-order valence-electron chi connectivity index (χ4n) is 11.6. The van der Waals surface area contributed by atoms with Crippen molar-refractivity contribution in [1.82, 2.24) is 9.55 Å². The van der Waals surface area contributed by atoms with Crippen LogP contribution >= 0.6 is 175 Å². The van der Waals surface area contributed by atoms with E-state index in [1.807, 2.05) is 354 Å². The smallest absolute Gasteiger partial charge is 0.127 e. The molecule has 144 heavy (non-hydrogen) atoms. The molecular weight excluding hydrogens is 2110 g/mol. The lowest BCUT2D eigenvalue weighted by Crippen LogP contribution is -1.87. The quantitative estimate of drug-likeness (QED) is 0.109. The van der Waals surface area contributed by atoms with E-state index in [1.165, 1.54) is 93.0 Å². The molecule has 2 aromatic heterocycles. The summed E-state index contributed by atoms with van der Waals surface area (Å²) in [5.41, 5.74) is 20.7. The number of pyridine rings is 1. The number of aryl methyl sites for hydroxylation is 6. The van der Waals surface area contributed by atoms with Crippen LogP contribution in [0, 0.1) is 59.0 Å². The first kappa shape index (κ1) is 122. The van der Waals surface area contributed by atoms with Gasteiger partial charge in [0.1, 0.15) is 17.5 Å². The summed E-state index contributed by atoms with van der Waals surface area (Å²) < 4.78 is 39.0. The van der Waals surface area contributed by atoms with E-state index >= 15 is 0 Å². The Balaban J connectivity index is 0.000000239. The Labute approximate surface area is 920 Å². The van der Waals surface area contributed by atoms with Gasteiger partial charge in [-0.15, -0.1) is 0 Å². The van der Waals surface area contributed by atoms with Crippen LogP contribution in [0.5, 0.6) is 0 Å². The van der Waals surface area contributed by atoms with Gasteiger partial charge in [-0.1, -0.05) is 392 Å². The van der Waals surface area contributed by atoms with Crippen molar-refractivity contribution in [2.45, 2.75) is 67.1 Å². The predicted octanol–water partition coefficient (Wildman–Crippen LogP) is 40.8. The molecule has 742 valence electrons. The highest BCUT2D eigenvalue weighted by Crippen LogP contribution is 2.28. The molecule has 19 rings (SSSR count). The van der Waals surface area contributed by atoms with Crippen LogP contribution < -0.4 is 0 Å². The maximum absolute atomic E-state index is 12.5. The molecule has 0 aliphatic heterocycles. The van der Waals surface area contributed by atoms with Crippen LogP contribution in [0.1, 0.15) is 55.6 Å². The molecule has 0 saturated carbocycles. The molecule has 23 heteroatoms. The molecule has 0 fully saturated rings. The van der Waals surface area contributed by atoms with Crippen LogP contribution in [-0.4, -0.2) is 24.9 Å². The Morgan fingerprint density at radius 3 is 0.903 bits per heavy atom. The molecule has 2 heterocycles. The SMILES string of the molecule is Cc1ccc(-c2ccc(Cl)cc2)cc1.Cc1ccc(C)c(Cl)c1.Cc1ccc(Cl)cc1.Cc1ccc(Cl)cc1F.Cc1cccc(Cl)c1.Clc1ccc(-c2ccccc2)cc1.Clc1ccc(-c2cccnc2)cc1.Clc1ccc(-n2cccc2)cc1.Clc1ccccc1.Fc1ccc(Cl)cc1.OCc1cc(F)cc(Cl)c1.OCc1ccc(-c2ccc(Cl)cc2)cc1.OCc1ccc(Cl)cc1.SCc1cccc(Cl)c1. The largest absolute Gasteiger partial charge is 0.392 e. The van der Waals surface area contributed by atoms with E-state index in [4.69, 9.17) is 178 Å². The van der Waals surface area contributed by atoms with Gasteiger partial charge < -0.3 is 19.9 Å². The maximum Gasteiger partial charge on any atom is 0.127 e. The van der Waals surface area contributed by atoms with Crippen molar-refractivity contribution in [3.05, 3.63) is 599 Å². The summed E-state index contributed by atoms with van der Waals surface area (Å²) >= 11 is 83.4. The van der Waals surface area contributed by atoms with E-state index in [0.29, 0.717) is 31.2 Å². The molecule has 0 spiro atoms. The van der Waals surface area contributed by atoms with E-state index in [2.05, 4.69) is 67.0 Å². The minimum Gasteiger partial charge on any atom is -0.392 e. The minimum absolute atomic E-state index is 0.0805. The number of nitrogens with zero attached hydrogens (tertiary/aromatic N) is 2. The Morgan fingerprint density at radius 1 is 0.236 bits per heavy atom. The normalized spacial score (nSPS) is 9.74. The van der Waals surface area contributed by atoms with E-state index in [0.717, 1.165) is 106 Å². The number of hydrogen-bond donors (Lipinski definition) is 4. The summed E-state index contributed by atoms with van der Waals surface area (Å²) in [5, 5.41) is 35.9. The van der Waals surface area contributed by atoms with Crippen LogP contribution in [0.2, 0.25) is 70.3 Å². The second-order valence-corrected chi connectivity index (χ2v) is 37.3. The lowest BCUT2D eigenvalue weighted by atomic mass is 10.0. The lowest BCUT2D eigenvalue weighted by molar-refractivity contribution is 0.281. The molecule has 0 saturated heterocycles. The summed E-state index contributed by atoms with van der Waals surface area (Å²) in [6.07, 6.45) is 7.61. The number of rotatable bonds is 9. The molecule has 19 aromatic rings. The highest BCUT2D eigenvalue weighted by atomic mass is 35.5. The van der Waals surface area contributed by atoms with E-state index in [-0.39, 0.29) is 31.5 Å². The van der Waals surface area contributed by atoms with Gasteiger partial charge in [0.15, 0.2) is 0 Å². The molecule has 3 N–H and O–H groups in total. The van der Waals surface area contributed by atoms with Gasteiger partial charge in [0, 0.05) is 107 Å². The summed E-state index contributed by atoms with van der Waals surface area (Å²) in [6.45, 7) is 11.9. The first-order valence-corrected chi connectivity index (χ1v) is 50.2. The highest BCUT2D eigenvalue weighted by Gasteiger charge is 2.04. The zero-order valence-corrected chi connectivity index (χ0v) is 90.7. The molecule has 0 aliphatic carbocycles. The predicted molar refractivity (Wildman–Crippen MR) is 618 cm³/mol. The standard InChI is InChI=1S/C13H11ClO.C13H11Cl.C12H9Cl.C11H8ClN.C10H8ClN.C8H9Cl.C7H6ClFO.C7H6ClF.C7H7ClO.C7H7ClS.2C7H7Cl.C6H4ClF.C6H5Cl/c14-13-7-5-12(6-8-13)11-3-1-10(9-15)2-4-11;1-10-2-4-11(5-3-10)12-6-8-13(14)9-7-12;13-12-8-6-11(7-9-12)10-4-2-1-3-5-10;12-11-5-3-9(4-6-11)10-2-1-7-13-8-10;11-9-3-5-10(6-4-9)12-7-1-2-8-12;1-6-3-4-7(2)8(9)5-6;8-6-1-5(4-10)2-7(9)3-6;1-5-2-3-6(8)4-7(5)9;8-7-3-1-6(5-9)2-4-7;8-7-3-1-2-6(4-7)5-9;1-6-2-4-7(8)5-3-6;1-6-3-2-4-7(8)5-6;7-5-1-3-6(8)4-2-5;7-6-4-2-1-3-5-6/h1-8,15H,9H2;2-9H,1H3;1-9H;1-8H;1-8H;3-5H,1-2H3;1-3,10H,4H2;2-4H,1H3;2*1-4,9H,5H2;2*2-5H,1H3;1-4H;1-5H. The van der Waals surface area contributed by atoms with Gasteiger partial charge >= 0.3 is 0 Å². The molecule has 0 atom stereocenters. The van der Waals surface area contributed by atoms with Gasteiger partial charge in [-0.2, -0.15) is 12.6 Å². The van der Waals surface area contributed by atoms with Crippen LogP contribution in [0.3, 0.4) is 0 Å². The van der Waals surface area contributed by atoms with Crippen LogP contribution in [0.4, 0.5) is 13.2 Å². The zero-order chi connectivity index (χ0) is 105. The Hall–Kier alpha value is -10.8. The second kappa shape index (κ2) is 70.1. The van der Waals surface area contributed by atoms with Gasteiger partial charge in [0.05, 0.1) is 19.8 Å². The van der Waals surface area contributed by atoms with Crippen LogP contribution in [0.25, 0.3) is 50.2 Å². The van der Waals surface area contributed by atoms with Gasteiger partial charge in [0.25, 0.3) is 0 Å². The maximum atomic E-state index is 12.5. The minimum atomic E-state index is -0.420. The second-order valence-electron chi connectivity index (χ2n) is 30.9. The third-order valence-electron chi connectivity index (χ3n) is 19.3. The summed E-state index contributed by atoms with van der Waals surface area (Å²) in [5.74, 6) is -0.172. The number of aliphatic hydroxyl groups is 3. The molecule has 0 aliphatic rings. The molecule has 17 aromatic carbocycles. The van der Waals surface area contributed by atoms with Crippen molar-refractivity contribution in [3.8, 4) is 50.2 Å². The van der Waals surface area contributed by atoms with Crippen molar-refractivity contribution in [2.24, 2.45) is 0 Å². The monoisotopic (exact) mass is 2210 g/mol. The summed E-state index contributed by atoms with van der Waals surface area (Å²) in [7, 11) is 0. The van der Waals surface area contributed by atoms with E-state index in [1.54, 1.807) is 49.5 Å². The van der Waals surface area contributed by atoms with Crippen molar-refractivity contribution in [3.63, 3.8) is 0 Å². The van der Waals surface area contributed by atoms with Gasteiger partial charge in [-0.3, -0.25) is 4.98 Å². The third-order valence-corrected chi connectivity index (χ3v) is 23.3. The van der Waals surface area contributed by atoms with Crippen molar-refractivity contribution in [1.29, 1.82) is 0 Å². The van der Waals surface area contributed by atoms with Crippen molar-refractivity contribution >= 4 is 175 Å². The number of aromatic nitrogens is 2. The average Bonchev–Trinajstić information content (AvgIpc) is 1.10. The molecule has 5 nitrogen and oxygen atoms in total. The van der Waals surface area contributed by atoms with Gasteiger partial charge in [-0.25, -0.2) is 13.2 Å². The summed E-state index contributed by atoms with van der Waals surface area (Å²) in [6, 6.07) is 133. The van der Waals surface area contributed by atoms with Gasteiger partial charge in [-0.05, 0) is 343 Å². The van der Waals surface area contributed by atoms with E-state index < -0.39 is 5.82 Å². The molecule has 0 radical (unpaired) electrons. The number of benzene rings is 17. The molecular formula is C121H105Cl14F3N2O3S. The first-order chi connectivity index (χ1) is 69.2. The molecule has 0 bridgehead atoms. The zero-order valence-electron chi connectivity index (χ0n) is 79.2. The Morgan fingerprint density at radius 2 is 0.556 bits per heavy atom. The van der Waals surface area contributed by atoms with Crippen molar-refractivity contribution in [2.75, 3.05) is 0 Å². The fraction of sp³-hybridized carbons (Fsp3) is 0.0826. The highest BCUT2D eigenvalue weighted by molar-refractivity contribution is 7.79. The third kappa shape index (κ3) is 52.3. The molecule has 0 amide bonds. The fourth-order valence-corrected chi connectivity index (χ4v) is 14.0. The Bertz CT molecular complexity index is 6450. The molecule has 0 unspecified atom stereocenters. The number of halogens is 17. The first-order valence-electron chi connectivity index (χ1n) is 44.3. The lowest BCUT2D eigenvalue weighted by Gasteiger charge is -2.02. The van der Waals surface area contributed by atoms with Crippen LogP contribution in [0.15, 0.2) is 455 Å². The number of hydrogen-bond acceptors (Lipinski definition) is 5. The number of thiol groups is 1. The van der Waals surface area contributed by atoms with Crippen molar-refractivity contribution < 1.29 is 28.5 Å². The average molecular weight is 2220 g/mol. The summed E-state index contributed by atoms with van der Waals surface area (Å²) in [4.78, 5) is 4.05. The number of aliphatic hydroxyl groups excluding tert-OH is 3. The van der Waals surface area contributed by atoms with Crippen LogP contribution in [-0.2, 0) is 25.6 Å². The van der Waals surface area contributed by atoms with E-state index in [9.17, 15) is 13.2 Å². The van der Waals surface area contributed by atoms with Gasteiger partial charge in [0.2, 0.25) is 0 Å². The topological polar surface area (TPSA) is 78.5 Å². The Kier molecular flexibility index (Phi) is 59.4.